The molecule has 1 aliphatic heterocycles. The van der Waals surface area contributed by atoms with Gasteiger partial charge in [-0.2, -0.15) is 0 Å². The van der Waals surface area contributed by atoms with Crippen molar-refractivity contribution in [1.29, 1.82) is 0 Å². The van der Waals surface area contributed by atoms with E-state index in [9.17, 15) is 13.6 Å². The SMILES string of the molecule is CC1(C)COc2cc(-c3ccc(F)cc3)c(F)cc2C1OC(N)=O. The first kappa shape index (κ1) is 16.2. The Labute approximate surface area is 138 Å². The average Bonchev–Trinajstić information content (AvgIpc) is 2.51. The van der Waals surface area contributed by atoms with Gasteiger partial charge in [-0.1, -0.05) is 26.0 Å². The second kappa shape index (κ2) is 5.78. The second-order valence-electron chi connectivity index (χ2n) is 6.47. The summed E-state index contributed by atoms with van der Waals surface area (Å²) in [6.45, 7) is 3.97. The maximum atomic E-state index is 14.6. The van der Waals surface area contributed by atoms with E-state index < -0.39 is 29.2 Å². The Bertz CT molecular complexity index is 788. The molecule has 0 aliphatic carbocycles. The fraction of sp³-hybridized carbons (Fsp3) is 0.278. The second-order valence-corrected chi connectivity index (χ2v) is 6.47. The predicted molar refractivity (Wildman–Crippen MR) is 84.5 cm³/mol. The molecule has 24 heavy (non-hydrogen) atoms. The molecule has 0 bridgehead atoms. The molecule has 2 aromatic carbocycles. The van der Waals surface area contributed by atoms with E-state index in [0.717, 1.165) is 0 Å². The number of hydrogen-bond acceptors (Lipinski definition) is 3. The van der Waals surface area contributed by atoms with Crippen LogP contribution >= 0.6 is 0 Å². The largest absolute Gasteiger partial charge is 0.492 e. The first-order chi connectivity index (χ1) is 11.3. The molecule has 0 saturated heterocycles. The fourth-order valence-electron chi connectivity index (χ4n) is 2.85. The average molecular weight is 333 g/mol. The molecule has 1 heterocycles. The fourth-order valence-corrected chi connectivity index (χ4v) is 2.85. The van der Waals surface area contributed by atoms with Gasteiger partial charge < -0.3 is 15.2 Å². The monoisotopic (exact) mass is 333 g/mol. The Morgan fingerprint density at radius 2 is 1.92 bits per heavy atom. The van der Waals surface area contributed by atoms with Crippen molar-refractivity contribution in [2.75, 3.05) is 6.61 Å². The highest BCUT2D eigenvalue weighted by molar-refractivity contribution is 5.68. The first-order valence-electron chi connectivity index (χ1n) is 7.46. The van der Waals surface area contributed by atoms with E-state index in [0.29, 0.717) is 16.9 Å². The van der Waals surface area contributed by atoms with Gasteiger partial charge in [0.1, 0.15) is 23.5 Å². The highest BCUT2D eigenvalue weighted by Crippen LogP contribution is 2.46. The van der Waals surface area contributed by atoms with Crippen LogP contribution in [0.4, 0.5) is 13.6 Å². The Kier molecular flexibility index (Phi) is 3.91. The van der Waals surface area contributed by atoms with Gasteiger partial charge in [-0.25, -0.2) is 13.6 Å². The Balaban J connectivity index is 2.08. The van der Waals surface area contributed by atoms with E-state index in [4.69, 9.17) is 15.2 Å². The van der Waals surface area contributed by atoms with Crippen LogP contribution in [-0.2, 0) is 4.74 Å². The Hall–Kier alpha value is -2.63. The molecule has 1 aliphatic rings. The van der Waals surface area contributed by atoms with Gasteiger partial charge in [0.2, 0.25) is 0 Å². The quantitative estimate of drug-likeness (QED) is 0.896. The molecule has 0 aromatic heterocycles. The van der Waals surface area contributed by atoms with Crippen LogP contribution in [0.5, 0.6) is 5.75 Å². The molecule has 1 atom stereocenters. The van der Waals surface area contributed by atoms with Crippen molar-refractivity contribution in [3.8, 4) is 16.9 Å². The van der Waals surface area contributed by atoms with E-state index >= 15 is 0 Å². The normalized spacial score (nSPS) is 18.4. The summed E-state index contributed by atoms with van der Waals surface area (Å²) in [4.78, 5) is 11.2. The number of ether oxygens (including phenoxy) is 2. The molecule has 6 heteroatoms. The molecule has 3 rings (SSSR count). The number of carbonyl (C=O) groups is 1. The van der Waals surface area contributed by atoms with Crippen LogP contribution in [0.25, 0.3) is 11.1 Å². The highest BCUT2D eigenvalue weighted by Gasteiger charge is 2.41. The lowest BCUT2D eigenvalue weighted by atomic mass is 9.80. The third-order valence-corrected chi connectivity index (χ3v) is 4.08. The van der Waals surface area contributed by atoms with Crippen LogP contribution < -0.4 is 10.5 Å². The molecule has 1 amide bonds. The molecule has 0 fully saturated rings. The van der Waals surface area contributed by atoms with Crippen molar-refractivity contribution in [3.63, 3.8) is 0 Å². The maximum Gasteiger partial charge on any atom is 0.405 e. The number of rotatable bonds is 2. The molecule has 126 valence electrons. The minimum Gasteiger partial charge on any atom is -0.492 e. The van der Waals surface area contributed by atoms with Crippen molar-refractivity contribution in [2.45, 2.75) is 20.0 Å². The van der Waals surface area contributed by atoms with Crippen LogP contribution in [0.2, 0.25) is 0 Å². The van der Waals surface area contributed by atoms with Gasteiger partial charge in [0, 0.05) is 16.5 Å². The van der Waals surface area contributed by atoms with Gasteiger partial charge in [-0.3, -0.25) is 0 Å². The lowest BCUT2D eigenvalue weighted by Gasteiger charge is -2.38. The summed E-state index contributed by atoms with van der Waals surface area (Å²) in [6.07, 6.45) is -1.64. The molecule has 0 spiro atoms. The van der Waals surface area contributed by atoms with Gasteiger partial charge in [-0.05, 0) is 29.8 Å². The number of hydrogen-bond donors (Lipinski definition) is 1. The Morgan fingerprint density at radius 3 is 2.54 bits per heavy atom. The van der Waals surface area contributed by atoms with E-state index in [1.807, 2.05) is 13.8 Å². The number of fused-ring (bicyclic) bond motifs is 1. The Morgan fingerprint density at radius 1 is 1.25 bits per heavy atom. The van der Waals surface area contributed by atoms with E-state index in [1.54, 1.807) is 0 Å². The minimum atomic E-state index is -0.927. The summed E-state index contributed by atoms with van der Waals surface area (Å²) in [5, 5.41) is 0. The lowest BCUT2D eigenvalue weighted by molar-refractivity contribution is -0.0178. The predicted octanol–water partition coefficient (Wildman–Crippen LogP) is 4.19. The molecular weight excluding hydrogens is 316 g/mol. The van der Waals surface area contributed by atoms with Crippen LogP contribution in [0, 0.1) is 17.0 Å². The van der Waals surface area contributed by atoms with Crippen LogP contribution in [0.3, 0.4) is 0 Å². The third-order valence-electron chi connectivity index (χ3n) is 4.08. The van der Waals surface area contributed by atoms with E-state index in [1.165, 1.54) is 36.4 Å². The smallest absolute Gasteiger partial charge is 0.405 e. The summed E-state index contributed by atoms with van der Waals surface area (Å²) >= 11 is 0. The third kappa shape index (κ3) is 2.91. The summed E-state index contributed by atoms with van der Waals surface area (Å²) in [5.41, 5.74) is 5.83. The van der Waals surface area contributed by atoms with Crippen LogP contribution in [-0.4, -0.2) is 12.7 Å². The summed E-state index contributed by atoms with van der Waals surface area (Å²) in [5.74, 6) is -0.494. The molecule has 1 unspecified atom stereocenters. The zero-order chi connectivity index (χ0) is 17.5. The lowest BCUT2D eigenvalue weighted by Crippen LogP contribution is -2.37. The molecule has 0 saturated carbocycles. The van der Waals surface area contributed by atoms with Crippen molar-refractivity contribution >= 4 is 6.09 Å². The molecule has 2 aromatic rings. The number of benzene rings is 2. The minimum absolute atomic E-state index is 0.284. The molecule has 0 radical (unpaired) electrons. The molecular formula is C18H17F2NO3. The maximum absolute atomic E-state index is 14.6. The topological polar surface area (TPSA) is 61.6 Å². The van der Waals surface area contributed by atoms with Crippen molar-refractivity contribution < 1.29 is 23.0 Å². The number of nitrogens with two attached hydrogens (primary N) is 1. The number of carbonyl (C=O) groups excluding carboxylic acids is 1. The van der Waals surface area contributed by atoms with Crippen molar-refractivity contribution in [3.05, 3.63) is 53.6 Å². The van der Waals surface area contributed by atoms with E-state index in [-0.39, 0.29) is 12.2 Å². The molecule has 2 N–H and O–H groups in total. The molecule has 4 nitrogen and oxygen atoms in total. The van der Waals surface area contributed by atoms with Crippen molar-refractivity contribution in [2.24, 2.45) is 11.1 Å². The standard InChI is InChI=1S/C18H17F2NO3/c1-18(2)9-23-15-8-12(10-3-5-11(19)6-4-10)14(20)7-13(15)16(18)24-17(21)22/h3-8,16H,9H2,1-2H3,(H2,21,22). The number of primary amides is 1. The van der Waals surface area contributed by atoms with Crippen molar-refractivity contribution in [1.82, 2.24) is 0 Å². The zero-order valence-corrected chi connectivity index (χ0v) is 13.3. The van der Waals surface area contributed by atoms with Gasteiger partial charge in [0.25, 0.3) is 0 Å². The highest BCUT2D eigenvalue weighted by atomic mass is 19.1. The van der Waals surface area contributed by atoms with Crippen LogP contribution in [0.15, 0.2) is 36.4 Å². The van der Waals surface area contributed by atoms with Gasteiger partial charge in [0.05, 0.1) is 6.61 Å². The van der Waals surface area contributed by atoms with Gasteiger partial charge in [-0.15, -0.1) is 0 Å². The number of amides is 1. The van der Waals surface area contributed by atoms with Crippen LogP contribution in [0.1, 0.15) is 25.5 Å². The van der Waals surface area contributed by atoms with Gasteiger partial charge >= 0.3 is 6.09 Å². The van der Waals surface area contributed by atoms with Gasteiger partial charge in [0.15, 0.2) is 0 Å². The zero-order valence-electron chi connectivity index (χ0n) is 13.3. The first-order valence-corrected chi connectivity index (χ1v) is 7.46. The summed E-state index contributed by atoms with van der Waals surface area (Å²) in [6, 6.07) is 8.32. The number of halogens is 2. The summed E-state index contributed by atoms with van der Waals surface area (Å²) < 4.78 is 38.6. The summed E-state index contributed by atoms with van der Waals surface area (Å²) in [7, 11) is 0. The van der Waals surface area contributed by atoms with E-state index in [2.05, 4.69) is 0 Å².